The van der Waals surface area contributed by atoms with Crippen LogP contribution in [0.1, 0.15) is 32.1 Å². The summed E-state index contributed by atoms with van der Waals surface area (Å²) in [6, 6.07) is 0.0688. The Labute approximate surface area is 98.3 Å². The average molecular weight is 245 g/mol. The Hall–Kier alpha value is -0.820. The standard InChI is InChI=1S/C9H19N5OS/c1-4-5-10-6-9-11-12-13-14(9)8(2)7-16(3)15/h8,10H,4-7H2,1-3H3. The van der Waals surface area contributed by atoms with Crippen LogP contribution >= 0.6 is 0 Å². The van der Waals surface area contributed by atoms with Crippen molar-refractivity contribution >= 4 is 10.8 Å². The van der Waals surface area contributed by atoms with E-state index in [-0.39, 0.29) is 6.04 Å². The first-order valence-corrected chi connectivity index (χ1v) is 7.15. The predicted molar refractivity (Wildman–Crippen MR) is 63.5 cm³/mol. The maximum atomic E-state index is 11.1. The molecule has 6 nitrogen and oxygen atoms in total. The lowest BCUT2D eigenvalue weighted by Gasteiger charge is -2.11. The van der Waals surface area contributed by atoms with Crippen molar-refractivity contribution in [3.63, 3.8) is 0 Å². The van der Waals surface area contributed by atoms with Gasteiger partial charge in [-0.3, -0.25) is 4.21 Å². The molecule has 7 heteroatoms. The third-order valence-electron chi connectivity index (χ3n) is 2.16. The van der Waals surface area contributed by atoms with E-state index >= 15 is 0 Å². The number of rotatable bonds is 7. The molecule has 0 aliphatic heterocycles. The first kappa shape index (κ1) is 13.2. The van der Waals surface area contributed by atoms with Crippen LogP contribution in [-0.4, -0.2) is 43.0 Å². The van der Waals surface area contributed by atoms with Crippen molar-refractivity contribution in [3.05, 3.63) is 5.82 Å². The van der Waals surface area contributed by atoms with E-state index in [1.807, 2.05) is 6.92 Å². The van der Waals surface area contributed by atoms with Crippen LogP contribution < -0.4 is 5.32 Å². The predicted octanol–water partition coefficient (Wildman–Crippen LogP) is 0.112. The molecule has 0 bridgehead atoms. The molecule has 2 atom stereocenters. The van der Waals surface area contributed by atoms with Gasteiger partial charge in [-0.05, 0) is 30.3 Å². The summed E-state index contributed by atoms with van der Waals surface area (Å²) in [5, 5.41) is 14.8. The topological polar surface area (TPSA) is 72.7 Å². The van der Waals surface area contributed by atoms with Crippen LogP contribution in [0.2, 0.25) is 0 Å². The van der Waals surface area contributed by atoms with Crippen LogP contribution in [-0.2, 0) is 17.3 Å². The summed E-state index contributed by atoms with van der Waals surface area (Å²) >= 11 is 0. The van der Waals surface area contributed by atoms with Gasteiger partial charge in [0.05, 0.1) is 12.6 Å². The van der Waals surface area contributed by atoms with Gasteiger partial charge in [0.1, 0.15) is 0 Å². The maximum absolute atomic E-state index is 11.1. The number of aromatic nitrogens is 4. The van der Waals surface area contributed by atoms with Crippen LogP contribution in [0, 0.1) is 0 Å². The molecule has 1 N–H and O–H groups in total. The van der Waals surface area contributed by atoms with Crippen molar-refractivity contribution in [1.82, 2.24) is 25.5 Å². The van der Waals surface area contributed by atoms with Gasteiger partial charge >= 0.3 is 0 Å². The Morgan fingerprint density at radius 1 is 1.56 bits per heavy atom. The minimum absolute atomic E-state index is 0.0688. The van der Waals surface area contributed by atoms with Crippen LogP contribution in [0.5, 0.6) is 0 Å². The van der Waals surface area contributed by atoms with Gasteiger partial charge in [-0.25, -0.2) is 4.68 Å². The van der Waals surface area contributed by atoms with E-state index in [9.17, 15) is 4.21 Å². The molecule has 0 saturated heterocycles. The second kappa shape index (κ2) is 6.70. The zero-order valence-electron chi connectivity index (χ0n) is 10.0. The monoisotopic (exact) mass is 245 g/mol. The summed E-state index contributed by atoms with van der Waals surface area (Å²) in [5.74, 6) is 1.37. The number of hydrogen-bond acceptors (Lipinski definition) is 5. The van der Waals surface area contributed by atoms with Crippen molar-refractivity contribution in [2.24, 2.45) is 0 Å². The molecule has 0 radical (unpaired) electrons. The highest BCUT2D eigenvalue weighted by molar-refractivity contribution is 7.84. The van der Waals surface area contributed by atoms with Gasteiger partial charge in [-0.1, -0.05) is 6.92 Å². The Bertz CT molecular complexity index is 340. The number of nitrogens with one attached hydrogen (secondary N) is 1. The highest BCUT2D eigenvalue weighted by Gasteiger charge is 2.13. The SMILES string of the molecule is CCCNCc1nnnn1C(C)CS(C)=O. The molecule has 0 fully saturated rings. The smallest absolute Gasteiger partial charge is 0.165 e. The maximum Gasteiger partial charge on any atom is 0.165 e. The Kier molecular flexibility index (Phi) is 5.54. The molecule has 0 spiro atoms. The molecule has 0 amide bonds. The molecule has 1 aromatic heterocycles. The van der Waals surface area contributed by atoms with Crippen molar-refractivity contribution < 1.29 is 4.21 Å². The second-order valence-electron chi connectivity index (χ2n) is 3.81. The van der Waals surface area contributed by atoms with Gasteiger partial charge in [-0.15, -0.1) is 5.10 Å². The zero-order valence-corrected chi connectivity index (χ0v) is 10.8. The van der Waals surface area contributed by atoms with Gasteiger partial charge in [0.2, 0.25) is 0 Å². The quantitative estimate of drug-likeness (QED) is 0.690. The number of nitrogens with zero attached hydrogens (tertiary/aromatic N) is 4. The summed E-state index contributed by atoms with van der Waals surface area (Å²) in [6.45, 7) is 5.68. The Morgan fingerprint density at radius 3 is 2.94 bits per heavy atom. The number of hydrogen-bond donors (Lipinski definition) is 1. The number of tetrazole rings is 1. The molecule has 16 heavy (non-hydrogen) atoms. The van der Waals surface area contributed by atoms with Crippen molar-refractivity contribution in [2.75, 3.05) is 18.6 Å². The van der Waals surface area contributed by atoms with Gasteiger partial charge in [0, 0.05) is 22.8 Å². The highest BCUT2D eigenvalue weighted by atomic mass is 32.2. The molecule has 1 aromatic rings. The minimum Gasteiger partial charge on any atom is -0.310 e. The van der Waals surface area contributed by atoms with Gasteiger partial charge < -0.3 is 5.32 Å². The molecular weight excluding hydrogens is 226 g/mol. The molecule has 0 aromatic carbocycles. The van der Waals surface area contributed by atoms with Gasteiger partial charge in [-0.2, -0.15) is 0 Å². The molecule has 1 rings (SSSR count). The summed E-state index contributed by atoms with van der Waals surface area (Å²) in [5.41, 5.74) is 0. The summed E-state index contributed by atoms with van der Waals surface area (Å²) in [7, 11) is -0.833. The Morgan fingerprint density at radius 2 is 2.31 bits per heavy atom. The average Bonchev–Trinajstić information content (AvgIpc) is 2.65. The molecule has 1 heterocycles. The van der Waals surface area contributed by atoms with Crippen molar-refractivity contribution in [3.8, 4) is 0 Å². The van der Waals surface area contributed by atoms with E-state index in [0.717, 1.165) is 18.8 Å². The fourth-order valence-corrected chi connectivity index (χ4v) is 2.28. The van der Waals surface area contributed by atoms with E-state index in [1.165, 1.54) is 0 Å². The fourth-order valence-electron chi connectivity index (χ4n) is 1.46. The minimum atomic E-state index is -0.833. The molecule has 0 aliphatic carbocycles. The lowest BCUT2D eigenvalue weighted by molar-refractivity contribution is 0.484. The fraction of sp³-hybridized carbons (Fsp3) is 0.889. The van der Waals surface area contributed by atoms with E-state index in [0.29, 0.717) is 12.3 Å². The molecule has 2 unspecified atom stereocenters. The zero-order chi connectivity index (χ0) is 12.0. The van der Waals surface area contributed by atoms with Crippen molar-refractivity contribution in [2.45, 2.75) is 32.9 Å². The molecule has 92 valence electrons. The van der Waals surface area contributed by atoms with Gasteiger partial charge in [0.25, 0.3) is 0 Å². The van der Waals surface area contributed by atoms with Crippen LogP contribution in [0.3, 0.4) is 0 Å². The largest absolute Gasteiger partial charge is 0.310 e. The van der Waals surface area contributed by atoms with Crippen LogP contribution in [0.15, 0.2) is 0 Å². The molecule has 0 saturated carbocycles. The van der Waals surface area contributed by atoms with E-state index in [4.69, 9.17) is 0 Å². The summed E-state index contributed by atoms with van der Waals surface area (Å²) < 4.78 is 12.9. The normalized spacial score (nSPS) is 14.9. The molecular formula is C9H19N5OS. The third kappa shape index (κ3) is 3.97. The lowest BCUT2D eigenvalue weighted by atomic mass is 10.4. The Balaban J connectivity index is 2.58. The van der Waals surface area contributed by atoms with E-state index in [1.54, 1.807) is 10.9 Å². The third-order valence-corrected chi connectivity index (χ3v) is 3.12. The molecule has 0 aliphatic rings. The second-order valence-corrected chi connectivity index (χ2v) is 5.29. The van der Waals surface area contributed by atoms with Crippen molar-refractivity contribution in [1.29, 1.82) is 0 Å². The van der Waals surface area contributed by atoms with E-state index in [2.05, 4.69) is 27.8 Å². The van der Waals surface area contributed by atoms with E-state index < -0.39 is 10.8 Å². The first-order chi connectivity index (χ1) is 7.65. The van der Waals surface area contributed by atoms with Crippen LogP contribution in [0.4, 0.5) is 0 Å². The lowest BCUT2D eigenvalue weighted by Crippen LogP contribution is -2.22. The summed E-state index contributed by atoms with van der Waals surface area (Å²) in [6.07, 6.45) is 2.77. The first-order valence-electron chi connectivity index (χ1n) is 5.42. The highest BCUT2D eigenvalue weighted by Crippen LogP contribution is 2.06. The summed E-state index contributed by atoms with van der Waals surface area (Å²) in [4.78, 5) is 0. The van der Waals surface area contributed by atoms with Gasteiger partial charge in [0.15, 0.2) is 5.82 Å². The van der Waals surface area contributed by atoms with Crippen LogP contribution in [0.25, 0.3) is 0 Å².